The minimum atomic E-state index is -0.511. The van der Waals surface area contributed by atoms with Gasteiger partial charge in [0.2, 0.25) is 0 Å². The molecule has 2 heterocycles. The molecule has 0 N–H and O–H groups in total. The quantitative estimate of drug-likeness (QED) is 0.745. The van der Waals surface area contributed by atoms with Crippen molar-refractivity contribution in [1.82, 2.24) is 14.8 Å². The molecule has 0 aliphatic carbocycles. The summed E-state index contributed by atoms with van der Waals surface area (Å²) in [6.45, 7) is 9.35. The summed E-state index contributed by atoms with van der Waals surface area (Å²) in [5, 5.41) is 1.10. The van der Waals surface area contributed by atoms with Crippen LogP contribution in [0.15, 0.2) is 24.3 Å². The second kappa shape index (κ2) is 7.60. The summed E-state index contributed by atoms with van der Waals surface area (Å²) in [7, 11) is 4.09. The van der Waals surface area contributed by atoms with Crippen LogP contribution in [0, 0.1) is 5.92 Å². The number of hydrogen-bond acceptors (Lipinski definition) is 5. The Balaban J connectivity index is 1.92. The molecule has 6 heteroatoms. The van der Waals surface area contributed by atoms with Gasteiger partial charge in [-0.15, -0.1) is 11.3 Å². The van der Waals surface area contributed by atoms with Crippen LogP contribution in [0.2, 0.25) is 0 Å². The van der Waals surface area contributed by atoms with Gasteiger partial charge in [0.05, 0.1) is 15.9 Å². The van der Waals surface area contributed by atoms with Crippen molar-refractivity contribution in [3.8, 4) is 0 Å². The van der Waals surface area contributed by atoms with Gasteiger partial charge in [0.1, 0.15) is 10.6 Å². The lowest BCUT2D eigenvalue weighted by Crippen LogP contribution is -2.39. The van der Waals surface area contributed by atoms with Gasteiger partial charge in [0.15, 0.2) is 0 Å². The van der Waals surface area contributed by atoms with Crippen LogP contribution >= 0.6 is 11.3 Å². The third-order valence-corrected chi connectivity index (χ3v) is 5.31. The minimum Gasteiger partial charge on any atom is -0.443 e. The smallest absolute Gasteiger partial charge is 0.414 e. The molecular formula is C21H29N3O2S. The van der Waals surface area contributed by atoms with Gasteiger partial charge in [-0.1, -0.05) is 19.1 Å². The summed E-state index contributed by atoms with van der Waals surface area (Å²) in [6.07, 6.45) is 2.81. The van der Waals surface area contributed by atoms with Crippen LogP contribution in [0.1, 0.15) is 44.7 Å². The van der Waals surface area contributed by atoms with Gasteiger partial charge in [-0.3, -0.25) is 4.90 Å². The van der Waals surface area contributed by atoms with Gasteiger partial charge in [-0.25, -0.2) is 9.78 Å². The molecule has 1 unspecified atom stereocenters. The Hall–Kier alpha value is -1.92. The van der Waals surface area contributed by atoms with Crippen molar-refractivity contribution in [3.63, 3.8) is 0 Å². The molecule has 1 aliphatic rings. The molecular weight excluding hydrogens is 358 g/mol. The zero-order valence-electron chi connectivity index (χ0n) is 17.1. The van der Waals surface area contributed by atoms with Crippen molar-refractivity contribution in [3.05, 3.63) is 34.8 Å². The van der Waals surface area contributed by atoms with E-state index in [9.17, 15) is 4.79 Å². The SMILES string of the molecule is CC1CC=C(c2ccc3sc(CN(C)C)nc3c2)N(C(=O)OC(C)(C)C)C1. The Labute approximate surface area is 165 Å². The van der Waals surface area contributed by atoms with E-state index in [1.54, 1.807) is 16.2 Å². The average Bonchev–Trinajstić information content (AvgIpc) is 2.93. The molecule has 1 atom stereocenters. The lowest BCUT2D eigenvalue weighted by molar-refractivity contribution is 0.0327. The number of amides is 1. The van der Waals surface area contributed by atoms with E-state index in [2.05, 4.69) is 36.1 Å². The molecule has 27 heavy (non-hydrogen) atoms. The van der Waals surface area contributed by atoms with Gasteiger partial charge in [0, 0.05) is 18.7 Å². The van der Waals surface area contributed by atoms with E-state index in [-0.39, 0.29) is 6.09 Å². The van der Waals surface area contributed by atoms with Crippen LogP contribution < -0.4 is 0 Å². The van der Waals surface area contributed by atoms with Crippen LogP contribution in [-0.2, 0) is 11.3 Å². The number of carbonyl (C=O) groups excluding carboxylic acids is 1. The van der Waals surface area contributed by atoms with Crippen molar-refractivity contribution in [1.29, 1.82) is 0 Å². The number of benzene rings is 1. The average molecular weight is 388 g/mol. The van der Waals surface area contributed by atoms with Crippen molar-refractivity contribution >= 4 is 33.3 Å². The van der Waals surface area contributed by atoms with Gasteiger partial charge in [0.25, 0.3) is 0 Å². The van der Waals surface area contributed by atoms with Crippen LogP contribution in [0.3, 0.4) is 0 Å². The second-order valence-electron chi connectivity index (χ2n) is 8.55. The number of carbonyl (C=O) groups is 1. The standard InChI is InChI=1S/C21H29N3O2S/c1-14-7-9-17(24(12-14)20(25)26-21(2,3)4)15-8-10-18-16(11-15)22-19(27-18)13-23(5)6/h8-11,14H,7,12-13H2,1-6H3. The molecule has 146 valence electrons. The summed E-state index contributed by atoms with van der Waals surface area (Å²) in [4.78, 5) is 21.4. The summed E-state index contributed by atoms with van der Waals surface area (Å²) in [5.74, 6) is 0.413. The fourth-order valence-corrected chi connectivity index (χ4v) is 4.21. The lowest BCUT2D eigenvalue weighted by atomic mass is 9.98. The fourth-order valence-electron chi connectivity index (χ4n) is 3.14. The largest absolute Gasteiger partial charge is 0.443 e. The highest BCUT2D eigenvalue weighted by Crippen LogP contribution is 2.32. The van der Waals surface area contributed by atoms with E-state index < -0.39 is 5.60 Å². The monoisotopic (exact) mass is 387 g/mol. The molecule has 0 radical (unpaired) electrons. The first-order valence-corrected chi connectivity index (χ1v) is 10.2. The zero-order valence-corrected chi connectivity index (χ0v) is 17.9. The van der Waals surface area contributed by atoms with E-state index in [1.807, 2.05) is 34.9 Å². The first kappa shape index (κ1) is 19.8. The highest BCUT2D eigenvalue weighted by atomic mass is 32.1. The molecule has 0 fully saturated rings. The summed E-state index contributed by atoms with van der Waals surface area (Å²) < 4.78 is 6.81. The van der Waals surface area contributed by atoms with E-state index in [1.165, 1.54) is 4.70 Å². The minimum absolute atomic E-state index is 0.285. The van der Waals surface area contributed by atoms with Crippen LogP contribution in [-0.4, -0.2) is 47.1 Å². The maximum Gasteiger partial charge on any atom is 0.414 e. The molecule has 1 aromatic carbocycles. The first-order valence-electron chi connectivity index (χ1n) is 9.37. The number of allylic oxidation sites excluding steroid dienone is 1. The molecule has 1 aromatic heterocycles. The third-order valence-electron chi connectivity index (χ3n) is 4.29. The molecule has 0 spiro atoms. The van der Waals surface area contributed by atoms with Crippen LogP contribution in [0.4, 0.5) is 4.79 Å². The molecule has 0 saturated heterocycles. The number of aromatic nitrogens is 1. The lowest BCUT2D eigenvalue weighted by Gasteiger charge is -2.33. The number of hydrogen-bond donors (Lipinski definition) is 0. The first-order chi connectivity index (χ1) is 12.6. The molecule has 1 amide bonds. The summed E-state index contributed by atoms with van der Waals surface area (Å²) in [5.41, 5.74) is 2.41. The van der Waals surface area contributed by atoms with Gasteiger partial charge < -0.3 is 9.64 Å². The fraction of sp³-hybridized carbons (Fsp3) is 0.524. The molecule has 3 rings (SSSR count). The molecule has 0 bridgehead atoms. The van der Waals surface area contributed by atoms with E-state index in [0.717, 1.165) is 34.8 Å². The molecule has 2 aromatic rings. The van der Waals surface area contributed by atoms with Crippen molar-refractivity contribution < 1.29 is 9.53 Å². The van der Waals surface area contributed by atoms with E-state index in [4.69, 9.17) is 9.72 Å². The Morgan fingerprint density at radius 1 is 1.37 bits per heavy atom. The van der Waals surface area contributed by atoms with Crippen molar-refractivity contribution in [2.75, 3.05) is 20.6 Å². The predicted octanol–water partition coefficient (Wildman–Crippen LogP) is 4.98. The highest BCUT2D eigenvalue weighted by Gasteiger charge is 2.29. The third kappa shape index (κ3) is 4.87. The van der Waals surface area contributed by atoms with Crippen LogP contribution in [0.25, 0.3) is 15.9 Å². The van der Waals surface area contributed by atoms with Crippen molar-refractivity contribution in [2.24, 2.45) is 5.92 Å². The topological polar surface area (TPSA) is 45.7 Å². The molecule has 5 nitrogen and oxygen atoms in total. The maximum atomic E-state index is 12.8. The van der Waals surface area contributed by atoms with E-state index in [0.29, 0.717) is 12.5 Å². The molecule has 0 saturated carbocycles. The predicted molar refractivity (Wildman–Crippen MR) is 112 cm³/mol. The number of nitrogens with zero attached hydrogens (tertiary/aromatic N) is 3. The second-order valence-corrected chi connectivity index (χ2v) is 9.66. The summed E-state index contributed by atoms with van der Waals surface area (Å²) in [6, 6.07) is 6.27. The number of thiazole rings is 1. The summed E-state index contributed by atoms with van der Waals surface area (Å²) >= 11 is 1.72. The number of fused-ring (bicyclic) bond motifs is 1. The van der Waals surface area contributed by atoms with Crippen LogP contribution in [0.5, 0.6) is 0 Å². The Morgan fingerprint density at radius 3 is 2.78 bits per heavy atom. The zero-order chi connectivity index (χ0) is 19.8. The highest BCUT2D eigenvalue weighted by molar-refractivity contribution is 7.18. The Bertz CT molecular complexity index is 864. The molecule has 1 aliphatic heterocycles. The number of ether oxygens (including phenoxy) is 1. The normalized spacial score (nSPS) is 18.1. The maximum absolute atomic E-state index is 12.8. The Morgan fingerprint density at radius 2 is 2.11 bits per heavy atom. The van der Waals surface area contributed by atoms with Gasteiger partial charge >= 0.3 is 6.09 Å². The Kier molecular flexibility index (Phi) is 5.58. The van der Waals surface area contributed by atoms with E-state index >= 15 is 0 Å². The van der Waals surface area contributed by atoms with Crippen molar-refractivity contribution in [2.45, 2.75) is 46.3 Å². The van der Waals surface area contributed by atoms with Gasteiger partial charge in [-0.05, 0) is 59.3 Å². The number of rotatable bonds is 3. The van der Waals surface area contributed by atoms with Gasteiger partial charge in [-0.2, -0.15) is 0 Å².